The van der Waals surface area contributed by atoms with Crippen LogP contribution in [0.5, 0.6) is 0 Å². The van der Waals surface area contributed by atoms with Crippen LogP contribution in [0.3, 0.4) is 0 Å². The molecule has 4 heteroatoms. The van der Waals surface area contributed by atoms with Gasteiger partial charge in [-0.3, -0.25) is 4.79 Å². The maximum Gasteiger partial charge on any atom is 0.151 e. The van der Waals surface area contributed by atoms with Crippen molar-refractivity contribution in [1.82, 2.24) is 0 Å². The molecule has 0 bridgehead atoms. The molecule has 1 aromatic heterocycles. The zero-order valence-corrected chi connectivity index (χ0v) is 10.3. The Morgan fingerprint density at radius 3 is 2.92 bits per heavy atom. The summed E-state index contributed by atoms with van der Waals surface area (Å²) in [6.07, 6.45) is 0.891. The quantitative estimate of drug-likeness (QED) is 0.483. The van der Waals surface area contributed by atoms with Crippen LogP contribution in [0, 0.1) is 3.57 Å². The van der Waals surface area contributed by atoms with Gasteiger partial charge in [-0.15, -0.1) is 24.0 Å². The van der Waals surface area contributed by atoms with Crippen molar-refractivity contribution in [3.8, 4) is 0 Å². The molecule has 66 valence electrons. The first-order valence-corrected chi connectivity index (χ1v) is 5.98. The normalized spacial score (nSPS) is 10.6. The molecule has 0 aliphatic carbocycles. The average molecular weight is 320 g/mol. The van der Waals surface area contributed by atoms with Crippen LogP contribution in [-0.4, -0.2) is 6.29 Å². The van der Waals surface area contributed by atoms with Gasteiger partial charge in [0.05, 0.1) is 0 Å². The average Bonchev–Trinajstić information content (AvgIpc) is 2.50. The molecule has 0 fully saturated rings. The minimum atomic E-state index is 0.751. The third kappa shape index (κ3) is 1.51. The minimum absolute atomic E-state index is 0.751. The molecule has 0 amide bonds. The van der Waals surface area contributed by atoms with Crippen LogP contribution in [0.15, 0.2) is 22.4 Å². The lowest BCUT2D eigenvalue weighted by Crippen LogP contribution is -1.81. The minimum Gasteiger partial charge on any atom is -0.298 e. The number of halogens is 1. The van der Waals surface area contributed by atoms with Crippen molar-refractivity contribution in [2.24, 2.45) is 0 Å². The van der Waals surface area contributed by atoms with E-state index in [-0.39, 0.29) is 0 Å². The van der Waals surface area contributed by atoms with E-state index < -0.39 is 0 Å². The number of aldehydes is 1. The summed E-state index contributed by atoms with van der Waals surface area (Å²) in [7, 11) is 0. The Labute approximate surface area is 98.7 Å². The van der Waals surface area contributed by atoms with Crippen LogP contribution in [0.1, 0.15) is 10.4 Å². The summed E-state index contributed by atoms with van der Waals surface area (Å²) in [5, 5.41) is 3.06. The molecule has 1 aromatic carbocycles. The Morgan fingerprint density at radius 1 is 1.46 bits per heavy atom. The van der Waals surface area contributed by atoms with Crippen LogP contribution in [0.2, 0.25) is 0 Å². The standard InChI is InChI=1S/C9H5IOS2/c10-6-2-1-5(3-11)9-8(6)7(12)4-13-9/h1-4,12H. The zero-order chi connectivity index (χ0) is 9.42. The molecule has 0 saturated heterocycles. The van der Waals surface area contributed by atoms with E-state index in [0.717, 1.165) is 30.4 Å². The number of hydrogen-bond acceptors (Lipinski definition) is 3. The second-order valence-corrected chi connectivity index (χ2v) is 5.10. The fourth-order valence-corrected chi connectivity index (χ4v) is 3.75. The van der Waals surface area contributed by atoms with E-state index in [9.17, 15) is 4.79 Å². The summed E-state index contributed by atoms with van der Waals surface area (Å²) in [5.41, 5.74) is 0.751. The van der Waals surface area contributed by atoms with E-state index in [1.54, 1.807) is 11.3 Å². The first kappa shape index (κ1) is 9.48. The lowest BCUT2D eigenvalue weighted by atomic mass is 10.2. The fourth-order valence-electron chi connectivity index (χ4n) is 1.21. The van der Waals surface area contributed by atoms with Gasteiger partial charge in [-0.05, 0) is 34.7 Å². The lowest BCUT2D eigenvalue weighted by Gasteiger charge is -1.97. The number of thiol groups is 1. The molecule has 0 aliphatic rings. The van der Waals surface area contributed by atoms with Crippen molar-refractivity contribution in [2.45, 2.75) is 4.90 Å². The lowest BCUT2D eigenvalue weighted by molar-refractivity contribution is 0.112. The Kier molecular flexibility index (Phi) is 2.62. The summed E-state index contributed by atoms with van der Waals surface area (Å²) in [6.45, 7) is 0. The van der Waals surface area contributed by atoms with E-state index in [0.29, 0.717) is 0 Å². The molecule has 2 aromatic rings. The van der Waals surface area contributed by atoms with Gasteiger partial charge in [-0.1, -0.05) is 0 Å². The van der Waals surface area contributed by atoms with Gasteiger partial charge in [0.2, 0.25) is 0 Å². The van der Waals surface area contributed by atoms with E-state index in [2.05, 4.69) is 35.2 Å². The molecular weight excluding hydrogens is 315 g/mol. The Hall–Kier alpha value is -0.0700. The largest absolute Gasteiger partial charge is 0.298 e. The molecule has 1 nitrogen and oxygen atoms in total. The highest BCUT2D eigenvalue weighted by Crippen LogP contribution is 2.34. The molecular formula is C9H5IOS2. The van der Waals surface area contributed by atoms with Crippen molar-refractivity contribution in [3.05, 3.63) is 26.6 Å². The first-order valence-electron chi connectivity index (χ1n) is 3.58. The molecule has 0 spiro atoms. The van der Waals surface area contributed by atoms with Crippen LogP contribution in [0.25, 0.3) is 10.1 Å². The number of thiophene rings is 1. The van der Waals surface area contributed by atoms with Gasteiger partial charge in [0.25, 0.3) is 0 Å². The van der Waals surface area contributed by atoms with E-state index in [1.165, 1.54) is 0 Å². The summed E-state index contributed by atoms with van der Waals surface area (Å²) < 4.78 is 2.18. The first-order chi connectivity index (χ1) is 6.24. The molecule has 13 heavy (non-hydrogen) atoms. The van der Waals surface area contributed by atoms with Crippen molar-refractivity contribution < 1.29 is 4.79 Å². The van der Waals surface area contributed by atoms with Crippen molar-refractivity contribution in [1.29, 1.82) is 0 Å². The summed E-state index contributed by atoms with van der Waals surface area (Å²) in [4.78, 5) is 11.7. The van der Waals surface area contributed by atoms with Crippen molar-refractivity contribution >= 4 is 62.9 Å². The highest BCUT2D eigenvalue weighted by Gasteiger charge is 2.08. The molecule has 0 radical (unpaired) electrons. The van der Waals surface area contributed by atoms with Gasteiger partial charge in [-0.2, -0.15) is 0 Å². The number of carbonyl (C=O) groups excluding carboxylic acids is 1. The van der Waals surface area contributed by atoms with E-state index in [1.807, 2.05) is 17.5 Å². The smallest absolute Gasteiger partial charge is 0.151 e. The number of hydrogen-bond donors (Lipinski definition) is 1. The highest BCUT2D eigenvalue weighted by molar-refractivity contribution is 14.1. The van der Waals surface area contributed by atoms with Crippen LogP contribution < -0.4 is 0 Å². The number of benzene rings is 1. The topological polar surface area (TPSA) is 17.1 Å². The molecule has 1 heterocycles. The van der Waals surface area contributed by atoms with Crippen LogP contribution in [-0.2, 0) is 0 Å². The van der Waals surface area contributed by atoms with Crippen molar-refractivity contribution in [3.63, 3.8) is 0 Å². The number of carbonyl (C=O) groups is 1. The Morgan fingerprint density at radius 2 is 2.23 bits per heavy atom. The van der Waals surface area contributed by atoms with Crippen molar-refractivity contribution in [2.75, 3.05) is 0 Å². The summed E-state index contributed by atoms with van der Waals surface area (Å²) in [5.74, 6) is 0. The van der Waals surface area contributed by atoms with Gasteiger partial charge < -0.3 is 0 Å². The SMILES string of the molecule is O=Cc1ccc(I)c2c(S)csc12. The highest BCUT2D eigenvalue weighted by atomic mass is 127. The van der Waals surface area contributed by atoms with Gasteiger partial charge in [-0.25, -0.2) is 0 Å². The maximum absolute atomic E-state index is 10.7. The predicted octanol–water partition coefficient (Wildman–Crippen LogP) is 3.61. The maximum atomic E-state index is 10.7. The summed E-state index contributed by atoms with van der Waals surface area (Å²) in [6, 6.07) is 3.79. The van der Waals surface area contributed by atoms with Crippen LogP contribution in [0.4, 0.5) is 0 Å². The molecule has 0 unspecified atom stereocenters. The number of fused-ring (bicyclic) bond motifs is 1. The summed E-state index contributed by atoms with van der Waals surface area (Å²) >= 11 is 8.17. The van der Waals surface area contributed by atoms with Crippen LogP contribution >= 0.6 is 46.6 Å². The second-order valence-electron chi connectivity index (χ2n) is 2.58. The molecule has 0 N–H and O–H groups in total. The Balaban J connectivity index is 2.95. The molecule has 2 rings (SSSR count). The van der Waals surface area contributed by atoms with Gasteiger partial charge >= 0.3 is 0 Å². The predicted molar refractivity (Wildman–Crippen MR) is 67.2 cm³/mol. The van der Waals surface area contributed by atoms with E-state index in [4.69, 9.17) is 0 Å². The number of rotatable bonds is 1. The Bertz CT molecular complexity index is 476. The second kappa shape index (κ2) is 3.59. The third-order valence-electron chi connectivity index (χ3n) is 1.81. The van der Waals surface area contributed by atoms with Gasteiger partial charge in [0.15, 0.2) is 6.29 Å². The fraction of sp³-hybridized carbons (Fsp3) is 0. The zero-order valence-electron chi connectivity index (χ0n) is 6.45. The monoisotopic (exact) mass is 320 g/mol. The third-order valence-corrected chi connectivity index (χ3v) is 4.26. The van der Waals surface area contributed by atoms with Gasteiger partial charge in [0, 0.05) is 29.5 Å². The molecule has 0 atom stereocenters. The molecule has 0 aliphatic heterocycles. The van der Waals surface area contributed by atoms with Gasteiger partial charge in [0.1, 0.15) is 0 Å². The van der Waals surface area contributed by atoms with E-state index >= 15 is 0 Å². The molecule has 0 saturated carbocycles.